The third kappa shape index (κ3) is 6.72. The van der Waals surface area contributed by atoms with Gasteiger partial charge in [0.15, 0.2) is 6.29 Å². The van der Waals surface area contributed by atoms with E-state index in [0.29, 0.717) is 37.0 Å². The number of ether oxygens (including phenoxy) is 3. The number of nitrogens with two attached hydrogens (primary N) is 1. The van der Waals surface area contributed by atoms with Crippen LogP contribution >= 0.6 is 11.8 Å². The molecule has 0 saturated heterocycles. The van der Waals surface area contributed by atoms with Crippen LogP contribution < -0.4 is 19.9 Å². The van der Waals surface area contributed by atoms with Crippen LogP contribution in [-0.4, -0.2) is 30.3 Å². The number of hydrogen-bond donors (Lipinski definition) is 1. The van der Waals surface area contributed by atoms with Gasteiger partial charge in [0.1, 0.15) is 36.1 Å². The van der Waals surface area contributed by atoms with Gasteiger partial charge in [0.2, 0.25) is 0 Å². The van der Waals surface area contributed by atoms with Gasteiger partial charge in [-0.25, -0.2) is 0 Å². The highest BCUT2D eigenvalue weighted by atomic mass is 32.2. The van der Waals surface area contributed by atoms with Crippen LogP contribution in [0, 0.1) is 20.8 Å². The zero-order chi connectivity index (χ0) is 26.5. The summed E-state index contributed by atoms with van der Waals surface area (Å²) in [5.74, 6) is 2.52. The number of aldehydes is 1. The Hall–Kier alpha value is -3.19. The van der Waals surface area contributed by atoms with Crippen LogP contribution in [-0.2, 0) is 11.2 Å². The van der Waals surface area contributed by atoms with Crippen molar-refractivity contribution in [3.8, 4) is 17.2 Å². The van der Waals surface area contributed by atoms with Crippen LogP contribution in [0.3, 0.4) is 0 Å². The number of thioether (sulfide) groups is 1. The molecule has 0 spiro atoms. The Labute approximate surface area is 217 Å². The van der Waals surface area contributed by atoms with Crippen LogP contribution in [0.15, 0.2) is 40.8 Å². The van der Waals surface area contributed by atoms with Gasteiger partial charge < -0.3 is 19.9 Å². The first-order valence-corrected chi connectivity index (χ1v) is 12.8. The Kier molecular flexibility index (Phi) is 8.90. The normalized spacial score (nSPS) is 17.0. The number of carbonyl (C=O) groups is 2. The zero-order valence-corrected chi connectivity index (χ0v) is 22.7. The van der Waals surface area contributed by atoms with E-state index in [1.165, 1.54) is 11.1 Å². The van der Waals surface area contributed by atoms with Crippen molar-refractivity contribution in [3.63, 3.8) is 0 Å². The molecule has 0 fully saturated rings. The Morgan fingerprint density at radius 2 is 1.92 bits per heavy atom. The Balaban J connectivity index is 1.76. The second-order valence-corrected chi connectivity index (χ2v) is 10.7. The lowest BCUT2D eigenvalue weighted by Crippen LogP contribution is -2.42. The van der Waals surface area contributed by atoms with E-state index in [1.54, 1.807) is 6.08 Å². The van der Waals surface area contributed by atoms with Crippen molar-refractivity contribution in [2.45, 2.75) is 60.0 Å². The summed E-state index contributed by atoms with van der Waals surface area (Å²) < 4.78 is 18.8. The highest BCUT2D eigenvalue weighted by Crippen LogP contribution is 2.44. The molecule has 2 aromatic carbocycles. The molecular weight excluding hydrogens is 474 g/mol. The minimum absolute atomic E-state index is 0.240. The second-order valence-electron chi connectivity index (χ2n) is 9.60. The van der Waals surface area contributed by atoms with E-state index in [1.807, 2.05) is 24.3 Å². The molecule has 0 aliphatic carbocycles. The molecule has 2 aromatic rings. The fourth-order valence-corrected chi connectivity index (χ4v) is 4.66. The fourth-order valence-electron chi connectivity index (χ4n) is 4.19. The average Bonchev–Trinajstić information content (AvgIpc) is 2.83. The van der Waals surface area contributed by atoms with E-state index in [0.717, 1.165) is 46.6 Å². The molecule has 1 aliphatic heterocycles. The van der Waals surface area contributed by atoms with E-state index >= 15 is 0 Å². The van der Waals surface area contributed by atoms with Crippen LogP contribution in [0.4, 0.5) is 4.79 Å². The molecule has 0 bridgehead atoms. The van der Waals surface area contributed by atoms with Gasteiger partial charge >= 0.3 is 0 Å². The molecule has 36 heavy (non-hydrogen) atoms. The van der Waals surface area contributed by atoms with Crippen molar-refractivity contribution in [2.24, 2.45) is 5.73 Å². The number of benzene rings is 2. The number of rotatable bonds is 9. The van der Waals surface area contributed by atoms with Crippen LogP contribution in [0.1, 0.15) is 55.0 Å². The lowest BCUT2D eigenvalue weighted by molar-refractivity contribution is -0.104. The van der Waals surface area contributed by atoms with Gasteiger partial charge in [-0.2, -0.15) is 0 Å². The molecule has 1 atom stereocenters. The quantitative estimate of drug-likeness (QED) is 0.237. The van der Waals surface area contributed by atoms with Crippen LogP contribution in [0.2, 0.25) is 0 Å². The molecule has 1 heterocycles. The summed E-state index contributed by atoms with van der Waals surface area (Å²) in [7, 11) is 0. The minimum Gasteiger partial charge on any atom is -0.489 e. The second kappa shape index (κ2) is 11.7. The van der Waals surface area contributed by atoms with Gasteiger partial charge in [-0.3, -0.25) is 9.59 Å². The fraction of sp³-hybridized carbons (Fsp3) is 0.379. The van der Waals surface area contributed by atoms with Gasteiger partial charge in [-0.15, -0.1) is 0 Å². The van der Waals surface area contributed by atoms with Crippen molar-refractivity contribution in [2.75, 3.05) is 13.2 Å². The average molecular weight is 510 g/mol. The summed E-state index contributed by atoms with van der Waals surface area (Å²) in [5, 5.41) is -0.629. The molecule has 1 aliphatic rings. The third-order valence-electron chi connectivity index (χ3n) is 6.33. The van der Waals surface area contributed by atoms with Crippen molar-refractivity contribution in [1.82, 2.24) is 0 Å². The number of fused-ring (bicyclic) bond motifs is 1. The van der Waals surface area contributed by atoms with Crippen molar-refractivity contribution < 1.29 is 23.8 Å². The van der Waals surface area contributed by atoms with Crippen molar-refractivity contribution in [3.05, 3.63) is 68.6 Å². The predicted octanol–water partition coefficient (Wildman–Crippen LogP) is 6.47. The molecule has 0 radical (unpaired) electrons. The molecule has 3 rings (SSSR count). The van der Waals surface area contributed by atoms with E-state index in [9.17, 15) is 9.59 Å². The maximum Gasteiger partial charge on any atom is 0.281 e. The van der Waals surface area contributed by atoms with Crippen LogP contribution in [0.25, 0.3) is 6.08 Å². The first-order valence-electron chi connectivity index (χ1n) is 12.0. The van der Waals surface area contributed by atoms with Gasteiger partial charge in [0.25, 0.3) is 5.24 Å². The van der Waals surface area contributed by atoms with Crippen molar-refractivity contribution >= 4 is 29.4 Å². The number of hydrogen-bond acceptors (Lipinski definition) is 6. The zero-order valence-electron chi connectivity index (χ0n) is 21.9. The number of allylic oxidation sites excluding steroid dienone is 2. The molecule has 1 unspecified atom stereocenters. The van der Waals surface area contributed by atoms with Crippen molar-refractivity contribution in [1.29, 1.82) is 0 Å². The van der Waals surface area contributed by atoms with E-state index in [2.05, 4.69) is 47.6 Å². The number of carbonyl (C=O) groups excluding carboxylic acids is 2. The van der Waals surface area contributed by atoms with Gasteiger partial charge in [-0.05, 0) is 113 Å². The number of primary amides is 1. The molecule has 1 amide bonds. The highest BCUT2D eigenvalue weighted by Gasteiger charge is 2.35. The summed E-state index contributed by atoms with van der Waals surface area (Å²) in [6.45, 7) is 13.4. The minimum atomic E-state index is -0.629. The molecule has 6 nitrogen and oxygen atoms in total. The molecule has 192 valence electrons. The van der Waals surface area contributed by atoms with Gasteiger partial charge in [0, 0.05) is 5.56 Å². The topological polar surface area (TPSA) is 87.9 Å². The van der Waals surface area contributed by atoms with E-state index < -0.39 is 10.8 Å². The standard InChI is InChI=1S/C29H35NO5S/c1-18(2)11-13-33-26-19(3)20(4)27-25(21(26)5)10-12-29(6,35-27)17-34-23-9-7-8-22(14-23)15-24(16-31)36-28(30)32/h7-9,11,14-16H,10,12-13,17H2,1-6H3,(H2,30,32)/b24-15-. The maximum atomic E-state index is 11.2. The lowest BCUT2D eigenvalue weighted by atomic mass is 9.87. The first kappa shape index (κ1) is 27.4. The summed E-state index contributed by atoms with van der Waals surface area (Å²) in [5.41, 5.74) is 11.2. The Bertz CT molecular complexity index is 1210. The summed E-state index contributed by atoms with van der Waals surface area (Å²) in [6, 6.07) is 7.35. The smallest absolute Gasteiger partial charge is 0.281 e. The van der Waals surface area contributed by atoms with E-state index in [-0.39, 0.29) is 4.91 Å². The van der Waals surface area contributed by atoms with Crippen LogP contribution in [0.5, 0.6) is 17.2 Å². The van der Waals surface area contributed by atoms with Gasteiger partial charge in [0.05, 0.1) is 4.91 Å². The monoisotopic (exact) mass is 509 g/mol. The number of amides is 1. The van der Waals surface area contributed by atoms with Gasteiger partial charge in [-0.1, -0.05) is 17.7 Å². The molecule has 0 saturated carbocycles. The lowest BCUT2D eigenvalue weighted by Gasteiger charge is -2.38. The first-order chi connectivity index (χ1) is 17.0. The third-order valence-corrected chi connectivity index (χ3v) is 6.98. The summed E-state index contributed by atoms with van der Waals surface area (Å²) >= 11 is 0.698. The summed E-state index contributed by atoms with van der Waals surface area (Å²) in [4.78, 5) is 22.6. The molecule has 2 N–H and O–H groups in total. The SMILES string of the molecule is CC(C)=CCOc1c(C)c(C)c2c(c1C)CCC(C)(COc1cccc(/C=C(/C=O)SC(N)=O)c1)O2. The summed E-state index contributed by atoms with van der Waals surface area (Å²) in [6.07, 6.45) is 5.98. The molecule has 0 aromatic heterocycles. The molecular formula is C29H35NO5S. The highest BCUT2D eigenvalue weighted by molar-refractivity contribution is 8.17. The maximum absolute atomic E-state index is 11.2. The Morgan fingerprint density at radius 3 is 2.58 bits per heavy atom. The Morgan fingerprint density at radius 1 is 1.17 bits per heavy atom. The molecule has 7 heteroatoms. The largest absolute Gasteiger partial charge is 0.489 e. The van der Waals surface area contributed by atoms with E-state index in [4.69, 9.17) is 19.9 Å². The predicted molar refractivity (Wildman–Crippen MR) is 146 cm³/mol.